The summed E-state index contributed by atoms with van der Waals surface area (Å²) < 4.78 is 141. The van der Waals surface area contributed by atoms with Crippen molar-refractivity contribution in [3.63, 3.8) is 0 Å². The Labute approximate surface area is 370 Å². The first-order valence-electron chi connectivity index (χ1n) is 18.3. The molecule has 28 heteroatoms. The van der Waals surface area contributed by atoms with Crippen molar-refractivity contribution in [2.45, 2.75) is 59.9 Å². The van der Waals surface area contributed by atoms with Crippen LogP contribution in [0.15, 0.2) is 93.5 Å². The van der Waals surface area contributed by atoms with E-state index < -0.39 is 135 Å². The molecule has 6 amide bonds. The molecule has 5 rings (SSSR count). The summed E-state index contributed by atoms with van der Waals surface area (Å²) in [5, 5.41) is 8.80. The first-order valence-corrected chi connectivity index (χ1v) is 22.6. The molecule has 66 heavy (non-hydrogen) atoms. The number of hydrogen-bond acceptors (Lipinski definition) is 14. The van der Waals surface area contributed by atoms with Crippen molar-refractivity contribution in [2.24, 2.45) is 0 Å². The van der Waals surface area contributed by atoms with Gasteiger partial charge in [0, 0.05) is 55.7 Å². The summed E-state index contributed by atoms with van der Waals surface area (Å²) in [4.78, 5) is 88.2. The van der Waals surface area contributed by atoms with Crippen molar-refractivity contribution in [2.75, 3.05) is 0 Å². The Bertz CT molecular complexity index is 3000. The molecule has 1 fully saturated rings. The number of nitrogens with zero attached hydrogens (tertiary/aromatic N) is 1. The second-order valence-corrected chi connectivity index (χ2v) is 17.9. The summed E-state index contributed by atoms with van der Waals surface area (Å²) in [6, 6.07) is 13.2. The average molecular weight is 984 g/mol. The number of alkyl halides is 3. The van der Waals surface area contributed by atoms with Gasteiger partial charge in [-0.3, -0.25) is 42.4 Å². The van der Waals surface area contributed by atoms with E-state index in [2.05, 4.69) is 16.0 Å². The fourth-order valence-corrected chi connectivity index (χ4v) is 8.16. The molecule has 1 aliphatic heterocycles. The van der Waals surface area contributed by atoms with Gasteiger partial charge < -0.3 is 26.1 Å². The molecule has 0 saturated carbocycles. The second-order valence-electron chi connectivity index (χ2n) is 13.8. The van der Waals surface area contributed by atoms with Crippen LogP contribution >= 0.6 is 0 Å². The lowest BCUT2D eigenvalue weighted by atomic mass is 10.1. The third kappa shape index (κ3) is 12.6. The number of benzene rings is 4. The number of imide groups is 1. The first-order chi connectivity index (χ1) is 30.6. The molecule has 1 heterocycles. The lowest BCUT2D eigenvalue weighted by Gasteiger charge is -2.14. The SMILES string of the molecule is O=C(NCc1ccc(C(=O)NCc2ccc(C(=O)NCc3ccc(C(=O)ON4C(=O)CCC4=O)cc3S(=O)(=O)O)cc2S(=O)(=O)O)cc1S(=O)(=O)O)c1ccc(CNC(=O)C(F)(F)F)cc1. The van der Waals surface area contributed by atoms with E-state index in [1.807, 2.05) is 0 Å². The molecule has 0 radical (unpaired) electrons. The van der Waals surface area contributed by atoms with Gasteiger partial charge >= 0.3 is 18.1 Å². The highest BCUT2D eigenvalue weighted by Gasteiger charge is 2.38. The first kappa shape index (κ1) is 49.9. The van der Waals surface area contributed by atoms with Crippen LogP contribution in [-0.2, 0) is 75.8 Å². The van der Waals surface area contributed by atoms with Crippen LogP contribution in [0.5, 0.6) is 0 Å². The Morgan fingerprint density at radius 2 is 0.879 bits per heavy atom. The van der Waals surface area contributed by atoms with Gasteiger partial charge in [0.25, 0.3) is 59.9 Å². The molecule has 0 spiro atoms. The molecule has 0 aliphatic carbocycles. The van der Waals surface area contributed by atoms with Crippen LogP contribution < -0.4 is 21.3 Å². The summed E-state index contributed by atoms with van der Waals surface area (Å²) in [6.45, 7) is -2.37. The zero-order valence-corrected chi connectivity index (χ0v) is 35.6. The van der Waals surface area contributed by atoms with Crippen molar-refractivity contribution < 1.29 is 90.5 Å². The fraction of sp³-hybridized carbons (Fsp3) is 0.184. The summed E-state index contributed by atoms with van der Waals surface area (Å²) in [5.41, 5.74) is -1.98. The van der Waals surface area contributed by atoms with Crippen LogP contribution in [0.1, 0.15) is 76.5 Å². The van der Waals surface area contributed by atoms with Crippen molar-refractivity contribution in [3.05, 3.63) is 123 Å². The highest BCUT2D eigenvalue weighted by atomic mass is 32.2. The van der Waals surface area contributed by atoms with Gasteiger partial charge in [-0.1, -0.05) is 30.3 Å². The van der Waals surface area contributed by atoms with Gasteiger partial charge in [-0.05, 0) is 70.8 Å². The Balaban J connectivity index is 1.24. The van der Waals surface area contributed by atoms with E-state index in [1.165, 1.54) is 24.3 Å². The minimum atomic E-state index is -5.13. The standard InChI is InChI=1S/C38H32F3N5O17S3/c39-38(40,41)37(53)45-16-20-1-3-21(4-2-20)33(49)42-17-25-8-5-22(13-28(25)64(54,55)56)34(50)43-18-26-9-6-23(14-29(26)65(57,58)59)35(51)44-19-27-10-7-24(15-30(27)66(60,61)62)36(52)63-46-31(47)11-12-32(46)48/h1-10,13-15H,11-12,16-19H2,(H,42,49)(H,43,50)(H,44,51)(H,45,53)(H,54,55,56)(H,57,58,59)(H,60,61,62). The number of amides is 6. The minimum absolute atomic E-state index is 0.0268. The van der Waals surface area contributed by atoms with Gasteiger partial charge in [-0.15, -0.1) is 5.06 Å². The topological polar surface area (TPSA) is 343 Å². The maximum absolute atomic E-state index is 13.1. The molecule has 0 atom stereocenters. The molecule has 350 valence electrons. The zero-order valence-electron chi connectivity index (χ0n) is 33.1. The van der Waals surface area contributed by atoms with Crippen molar-refractivity contribution >= 4 is 71.8 Å². The Kier molecular flexibility index (Phi) is 14.8. The van der Waals surface area contributed by atoms with Gasteiger partial charge in [-0.2, -0.15) is 38.4 Å². The van der Waals surface area contributed by atoms with Gasteiger partial charge in [0.05, 0.1) is 20.2 Å². The Morgan fingerprint density at radius 3 is 1.26 bits per heavy atom. The number of rotatable bonds is 16. The number of hydrogen-bond donors (Lipinski definition) is 7. The molecule has 1 saturated heterocycles. The smallest absolute Gasteiger partial charge is 0.348 e. The molecule has 4 aromatic rings. The molecule has 0 aromatic heterocycles. The van der Waals surface area contributed by atoms with Gasteiger partial charge in [-0.25, -0.2) is 4.79 Å². The largest absolute Gasteiger partial charge is 0.471 e. The highest BCUT2D eigenvalue weighted by Crippen LogP contribution is 2.23. The second kappa shape index (κ2) is 19.6. The van der Waals surface area contributed by atoms with Crippen molar-refractivity contribution in [1.29, 1.82) is 0 Å². The Hall–Kier alpha value is -7.11. The van der Waals surface area contributed by atoms with E-state index in [-0.39, 0.29) is 45.7 Å². The van der Waals surface area contributed by atoms with Crippen LogP contribution in [0, 0.1) is 0 Å². The van der Waals surface area contributed by atoms with Crippen LogP contribution in [0.4, 0.5) is 13.2 Å². The third-order valence-electron chi connectivity index (χ3n) is 9.22. The van der Waals surface area contributed by atoms with E-state index in [0.717, 1.165) is 42.5 Å². The highest BCUT2D eigenvalue weighted by molar-refractivity contribution is 7.86. The van der Waals surface area contributed by atoms with E-state index >= 15 is 0 Å². The molecule has 0 unspecified atom stereocenters. The fourth-order valence-electron chi connectivity index (χ4n) is 5.91. The van der Waals surface area contributed by atoms with Crippen molar-refractivity contribution in [3.8, 4) is 0 Å². The molecular weight excluding hydrogens is 952 g/mol. The molecular formula is C38H32F3N5O17S3. The molecule has 7 N–H and O–H groups in total. The lowest BCUT2D eigenvalue weighted by Crippen LogP contribution is -2.36. The maximum Gasteiger partial charge on any atom is 0.471 e. The van der Waals surface area contributed by atoms with Crippen LogP contribution in [0.3, 0.4) is 0 Å². The minimum Gasteiger partial charge on any atom is -0.348 e. The zero-order chi connectivity index (χ0) is 48.9. The number of hydroxylamine groups is 2. The quantitative estimate of drug-likeness (QED) is 0.0619. The molecule has 0 bridgehead atoms. The summed E-state index contributed by atoms with van der Waals surface area (Å²) >= 11 is 0. The Morgan fingerprint density at radius 1 is 0.530 bits per heavy atom. The number of nitrogens with one attached hydrogen (secondary N) is 4. The van der Waals surface area contributed by atoms with Crippen LogP contribution in [-0.4, -0.2) is 91.6 Å². The molecule has 1 aliphatic rings. The van der Waals surface area contributed by atoms with Crippen molar-refractivity contribution in [1.82, 2.24) is 26.3 Å². The van der Waals surface area contributed by atoms with Crippen LogP contribution in [0.25, 0.3) is 0 Å². The van der Waals surface area contributed by atoms with Gasteiger partial charge in [0.1, 0.15) is 0 Å². The number of carbonyl (C=O) groups is 7. The number of carbonyl (C=O) groups excluding carboxylic acids is 7. The van der Waals surface area contributed by atoms with Crippen LogP contribution in [0.2, 0.25) is 0 Å². The predicted octanol–water partition coefficient (Wildman–Crippen LogP) is 1.62. The average Bonchev–Trinajstić information content (AvgIpc) is 3.56. The van der Waals surface area contributed by atoms with E-state index in [9.17, 15) is 85.6 Å². The normalized spacial score (nSPS) is 13.2. The van der Waals surface area contributed by atoms with E-state index in [4.69, 9.17) is 4.84 Å². The summed E-state index contributed by atoms with van der Waals surface area (Å²) in [7, 11) is -15.3. The third-order valence-corrected chi connectivity index (χ3v) is 12.0. The molecule has 4 aromatic carbocycles. The predicted molar refractivity (Wildman–Crippen MR) is 213 cm³/mol. The van der Waals surface area contributed by atoms with Gasteiger partial charge in [0.2, 0.25) is 0 Å². The summed E-state index contributed by atoms with van der Waals surface area (Å²) in [5.74, 6) is -8.04. The summed E-state index contributed by atoms with van der Waals surface area (Å²) in [6.07, 6.45) is -5.55. The number of halogens is 3. The van der Waals surface area contributed by atoms with E-state index in [1.54, 1.807) is 5.32 Å². The molecule has 22 nitrogen and oxygen atoms in total. The maximum atomic E-state index is 13.1. The monoisotopic (exact) mass is 983 g/mol. The van der Waals surface area contributed by atoms with Gasteiger partial charge in [0.15, 0.2) is 0 Å². The lowest BCUT2D eigenvalue weighted by molar-refractivity contribution is -0.173. The van der Waals surface area contributed by atoms with E-state index in [0.29, 0.717) is 12.1 Å².